The topological polar surface area (TPSA) is 88.7 Å². The number of hydrogen-bond donors (Lipinski definition) is 3. The Labute approximate surface area is 186 Å². The van der Waals surface area contributed by atoms with Crippen molar-refractivity contribution in [2.45, 2.75) is 18.9 Å². The number of carbonyl (C=O) groups is 2. The average molecular weight is 440 g/mol. The third kappa shape index (κ3) is 6.91. The first-order valence-electron chi connectivity index (χ1n) is 9.98. The van der Waals surface area contributed by atoms with Gasteiger partial charge in [0.05, 0.1) is 24.5 Å². The van der Waals surface area contributed by atoms with Crippen LogP contribution in [0.1, 0.15) is 28.8 Å². The molecule has 7 nitrogen and oxygen atoms in total. The summed E-state index contributed by atoms with van der Waals surface area (Å²) < 4.78 is 10.6. The van der Waals surface area contributed by atoms with Gasteiger partial charge in [-0.3, -0.25) is 14.9 Å². The summed E-state index contributed by atoms with van der Waals surface area (Å²) in [5, 5.41) is 8.49. The Morgan fingerprint density at radius 2 is 1.97 bits per heavy atom. The number of anilines is 1. The number of amides is 2. The predicted molar refractivity (Wildman–Crippen MR) is 124 cm³/mol. The van der Waals surface area contributed by atoms with Crippen molar-refractivity contribution < 1.29 is 19.1 Å². The fraction of sp³-hybridized carbons (Fsp3) is 0.261. The van der Waals surface area contributed by atoms with E-state index in [9.17, 15) is 9.59 Å². The van der Waals surface area contributed by atoms with Crippen LogP contribution in [-0.4, -0.2) is 43.3 Å². The third-order valence-corrected chi connectivity index (χ3v) is 4.92. The largest absolute Gasteiger partial charge is 0.497 e. The number of methoxy groups -OCH3 is 1. The van der Waals surface area contributed by atoms with Gasteiger partial charge in [-0.25, -0.2) is 0 Å². The second-order valence-electron chi connectivity index (χ2n) is 6.94. The quantitative estimate of drug-likeness (QED) is 0.454. The van der Waals surface area contributed by atoms with E-state index in [1.165, 1.54) is 6.08 Å². The van der Waals surface area contributed by atoms with E-state index in [0.29, 0.717) is 17.8 Å². The van der Waals surface area contributed by atoms with E-state index >= 15 is 0 Å². The fourth-order valence-electron chi connectivity index (χ4n) is 3.09. The molecule has 162 valence electrons. The van der Waals surface area contributed by atoms with Gasteiger partial charge in [0.2, 0.25) is 5.91 Å². The molecular formula is C23H25N3O4S. The molecule has 1 heterocycles. The van der Waals surface area contributed by atoms with E-state index < -0.39 is 0 Å². The molecular weight excluding hydrogens is 414 g/mol. The summed E-state index contributed by atoms with van der Waals surface area (Å²) in [5.41, 5.74) is 1.80. The Bertz CT molecular complexity index is 954. The van der Waals surface area contributed by atoms with Gasteiger partial charge in [-0.2, -0.15) is 0 Å². The molecule has 0 bridgehead atoms. The summed E-state index contributed by atoms with van der Waals surface area (Å²) in [6.07, 6.45) is 5.07. The fourth-order valence-corrected chi connectivity index (χ4v) is 3.30. The van der Waals surface area contributed by atoms with E-state index in [4.69, 9.17) is 21.7 Å². The van der Waals surface area contributed by atoms with Crippen molar-refractivity contribution in [3.63, 3.8) is 0 Å². The summed E-state index contributed by atoms with van der Waals surface area (Å²) in [6.45, 7) is 1.20. The van der Waals surface area contributed by atoms with Crippen LogP contribution >= 0.6 is 12.2 Å². The molecule has 1 saturated heterocycles. The van der Waals surface area contributed by atoms with Crippen LogP contribution in [-0.2, 0) is 9.53 Å². The van der Waals surface area contributed by atoms with Crippen molar-refractivity contribution in [1.82, 2.24) is 10.6 Å². The first kappa shape index (κ1) is 22.5. The van der Waals surface area contributed by atoms with Crippen LogP contribution < -0.4 is 20.7 Å². The molecule has 0 aromatic heterocycles. The van der Waals surface area contributed by atoms with E-state index in [-0.39, 0.29) is 23.0 Å². The lowest BCUT2D eigenvalue weighted by molar-refractivity contribution is -0.115. The molecule has 2 aromatic rings. The van der Waals surface area contributed by atoms with Gasteiger partial charge in [0, 0.05) is 19.2 Å². The minimum atomic E-state index is -0.381. The molecule has 1 atom stereocenters. The second kappa shape index (κ2) is 11.2. The molecule has 1 aliphatic heterocycles. The van der Waals surface area contributed by atoms with Gasteiger partial charge >= 0.3 is 0 Å². The van der Waals surface area contributed by atoms with Gasteiger partial charge in [0.15, 0.2) is 5.11 Å². The minimum absolute atomic E-state index is 0.0573. The van der Waals surface area contributed by atoms with Crippen molar-refractivity contribution in [1.29, 1.82) is 0 Å². The molecule has 31 heavy (non-hydrogen) atoms. The van der Waals surface area contributed by atoms with Crippen LogP contribution in [0.5, 0.6) is 5.75 Å². The van der Waals surface area contributed by atoms with Gasteiger partial charge < -0.3 is 20.1 Å². The molecule has 3 rings (SSSR count). The molecule has 1 unspecified atom stereocenters. The lowest BCUT2D eigenvalue weighted by atomic mass is 10.1. The Kier molecular flexibility index (Phi) is 8.14. The van der Waals surface area contributed by atoms with Crippen LogP contribution in [0.3, 0.4) is 0 Å². The van der Waals surface area contributed by atoms with E-state index in [2.05, 4.69) is 16.0 Å². The van der Waals surface area contributed by atoms with Crippen molar-refractivity contribution in [3.05, 3.63) is 65.7 Å². The lowest BCUT2D eigenvalue weighted by Crippen LogP contribution is -2.35. The smallest absolute Gasteiger partial charge is 0.253 e. The lowest BCUT2D eigenvalue weighted by Gasteiger charge is -2.14. The van der Waals surface area contributed by atoms with E-state index in [1.807, 2.05) is 24.3 Å². The maximum Gasteiger partial charge on any atom is 0.253 e. The van der Waals surface area contributed by atoms with Crippen molar-refractivity contribution in [3.8, 4) is 5.75 Å². The molecule has 1 aliphatic rings. The molecule has 0 saturated carbocycles. The summed E-state index contributed by atoms with van der Waals surface area (Å²) >= 11 is 5.23. The Hall–Kier alpha value is -3.23. The van der Waals surface area contributed by atoms with E-state index in [1.54, 1.807) is 37.5 Å². The number of benzene rings is 2. The number of hydrogen-bond acceptors (Lipinski definition) is 5. The molecule has 1 fully saturated rings. The van der Waals surface area contributed by atoms with Gasteiger partial charge in [0.25, 0.3) is 5.91 Å². The highest BCUT2D eigenvalue weighted by molar-refractivity contribution is 7.80. The van der Waals surface area contributed by atoms with Gasteiger partial charge in [-0.1, -0.05) is 24.3 Å². The predicted octanol–water partition coefficient (Wildman–Crippen LogP) is 3.13. The standard InChI is InChI=1S/C23H25N3O4S/c1-29-17-11-8-16(9-12-17)10-13-21(27)26-23(31)25-20-7-3-2-6-19(20)22(28)24-15-18-5-4-14-30-18/h2-3,6-13,18H,4-5,14-15H2,1H3,(H,24,28)(H2,25,26,27,31). The molecule has 0 aliphatic carbocycles. The summed E-state index contributed by atoms with van der Waals surface area (Å²) in [6, 6.07) is 14.3. The minimum Gasteiger partial charge on any atom is -0.497 e. The number of rotatable bonds is 7. The first-order valence-corrected chi connectivity index (χ1v) is 10.4. The number of nitrogens with one attached hydrogen (secondary N) is 3. The molecule has 8 heteroatoms. The summed E-state index contributed by atoms with van der Waals surface area (Å²) in [5.74, 6) is 0.131. The van der Waals surface area contributed by atoms with E-state index in [0.717, 1.165) is 30.8 Å². The SMILES string of the molecule is COc1ccc(C=CC(=O)NC(=S)Nc2ccccc2C(=O)NCC2CCCO2)cc1. The highest BCUT2D eigenvalue weighted by atomic mass is 32.1. The van der Waals surface area contributed by atoms with Crippen LogP contribution in [0.2, 0.25) is 0 Å². The maximum absolute atomic E-state index is 12.6. The number of carbonyl (C=O) groups excluding carboxylic acids is 2. The normalized spacial score (nSPS) is 15.5. The van der Waals surface area contributed by atoms with Gasteiger partial charge in [0.1, 0.15) is 5.75 Å². The molecule has 2 aromatic carbocycles. The third-order valence-electron chi connectivity index (χ3n) is 4.71. The Balaban J connectivity index is 1.53. The molecule has 0 spiro atoms. The number of para-hydroxylation sites is 1. The zero-order chi connectivity index (χ0) is 22.1. The first-order chi connectivity index (χ1) is 15.0. The average Bonchev–Trinajstić information content (AvgIpc) is 3.30. The van der Waals surface area contributed by atoms with Crippen LogP contribution in [0.4, 0.5) is 5.69 Å². The number of ether oxygens (including phenoxy) is 2. The monoisotopic (exact) mass is 439 g/mol. The Morgan fingerprint density at radius 1 is 1.19 bits per heavy atom. The van der Waals surface area contributed by atoms with Crippen molar-refractivity contribution in [2.24, 2.45) is 0 Å². The summed E-state index contributed by atoms with van der Waals surface area (Å²) in [4.78, 5) is 24.7. The Morgan fingerprint density at radius 3 is 2.68 bits per heavy atom. The molecule has 2 amide bonds. The van der Waals surface area contributed by atoms with Crippen molar-refractivity contribution in [2.75, 3.05) is 25.6 Å². The van der Waals surface area contributed by atoms with Gasteiger partial charge in [-0.15, -0.1) is 0 Å². The van der Waals surface area contributed by atoms with Crippen LogP contribution in [0, 0.1) is 0 Å². The molecule has 3 N–H and O–H groups in total. The van der Waals surface area contributed by atoms with Crippen LogP contribution in [0.15, 0.2) is 54.6 Å². The van der Waals surface area contributed by atoms with Gasteiger partial charge in [-0.05, 0) is 61.0 Å². The van der Waals surface area contributed by atoms with Crippen LogP contribution in [0.25, 0.3) is 6.08 Å². The second-order valence-corrected chi connectivity index (χ2v) is 7.35. The maximum atomic E-state index is 12.6. The zero-order valence-corrected chi connectivity index (χ0v) is 18.0. The molecule has 0 radical (unpaired) electrons. The zero-order valence-electron chi connectivity index (χ0n) is 17.2. The number of thiocarbonyl (C=S) groups is 1. The highest BCUT2D eigenvalue weighted by Gasteiger charge is 2.18. The highest BCUT2D eigenvalue weighted by Crippen LogP contribution is 2.16. The van der Waals surface area contributed by atoms with Crippen molar-refractivity contribution >= 4 is 40.9 Å². The summed E-state index contributed by atoms with van der Waals surface area (Å²) in [7, 11) is 1.60.